The SMILES string of the molecule is [B][P+]1(O)OC[C@H]2O[C@@H](n3c(N(CC)CC)nc4c(N)ncnc43)[C@H](O)[C@@H]2O1. The van der Waals surface area contributed by atoms with E-state index in [2.05, 4.69) is 15.0 Å². The van der Waals surface area contributed by atoms with Gasteiger partial charge in [-0.2, -0.15) is 9.05 Å². The van der Waals surface area contributed by atoms with Crippen molar-refractivity contribution in [3.05, 3.63) is 6.33 Å². The summed E-state index contributed by atoms with van der Waals surface area (Å²) in [4.78, 5) is 24.8. The Morgan fingerprint density at radius 3 is 2.85 bits per heavy atom. The Morgan fingerprint density at radius 1 is 1.41 bits per heavy atom. The van der Waals surface area contributed by atoms with Crippen molar-refractivity contribution in [3.63, 3.8) is 0 Å². The number of nitrogens with two attached hydrogens (primary N) is 1. The second-order valence-corrected chi connectivity index (χ2v) is 7.97. The molecule has 0 amide bonds. The zero-order valence-corrected chi connectivity index (χ0v) is 15.9. The molecule has 2 aromatic rings. The molecule has 1 unspecified atom stereocenters. The summed E-state index contributed by atoms with van der Waals surface area (Å²) in [7, 11) is 2.12. The minimum Gasteiger partial charge on any atom is -0.385 e. The van der Waals surface area contributed by atoms with Gasteiger partial charge in [-0.25, -0.2) is 19.8 Å². The Labute approximate surface area is 157 Å². The Kier molecular flexibility index (Phi) is 4.73. The van der Waals surface area contributed by atoms with E-state index in [1.807, 2.05) is 18.7 Å². The molecular formula is C14H21BN6O5P+. The van der Waals surface area contributed by atoms with Crippen LogP contribution in [0, 0.1) is 0 Å². The highest BCUT2D eigenvalue weighted by molar-refractivity contribution is 7.85. The van der Waals surface area contributed by atoms with Crippen molar-refractivity contribution in [2.24, 2.45) is 0 Å². The van der Waals surface area contributed by atoms with Gasteiger partial charge in [-0.15, -0.1) is 0 Å². The van der Waals surface area contributed by atoms with Gasteiger partial charge in [-0.3, -0.25) is 4.57 Å². The van der Waals surface area contributed by atoms with Gasteiger partial charge in [0.1, 0.15) is 25.1 Å². The molecule has 0 bridgehead atoms. The second-order valence-electron chi connectivity index (χ2n) is 6.37. The van der Waals surface area contributed by atoms with E-state index in [9.17, 15) is 10.00 Å². The van der Waals surface area contributed by atoms with Gasteiger partial charge in [0.05, 0.1) is 0 Å². The van der Waals surface area contributed by atoms with Crippen molar-refractivity contribution in [3.8, 4) is 0 Å². The van der Waals surface area contributed by atoms with Crippen LogP contribution in [0.5, 0.6) is 0 Å². The number of fused-ring (bicyclic) bond motifs is 2. The van der Waals surface area contributed by atoms with Crippen LogP contribution in [0.2, 0.25) is 0 Å². The highest BCUT2D eigenvalue weighted by Gasteiger charge is 2.57. The number of nitrogens with zero attached hydrogens (tertiary/aromatic N) is 5. The van der Waals surface area contributed by atoms with Gasteiger partial charge in [0.2, 0.25) is 5.95 Å². The van der Waals surface area contributed by atoms with E-state index >= 15 is 0 Å². The molecule has 2 fully saturated rings. The first kappa shape index (κ1) is 18.8. The van der Waals surface area contributed by atoms with Gasteiger partial charge in [-0.1, -0.05) is 0 Å². The number of aliphatic hydroxyl groups is 1. The normalized spacial score (nSPS) is 33.3. The van der Waals surface area contributed by atoms with Gasteiger partial charge in [0, 0.05) is 13.1 Å². The fourth-order valence-corrected chi connectivity index (χ4v) is 4.49. The van der Waals surface area contributed by atoms with Crippen molar-refractivity contribution < 1.29 is 23.8 Å². The van der Waals surface area contributed by atoms with E-state index in [-0.39, 0.29) is 12.4 Å². The van der Waals surface area contributed by atoms with E-state index in [0.717, 1.165) is 0 Å². The lowest BCUT2D eigenvalue weighted by atomic mass is 10.1. The average Bonchev–Trinajstić information content (AvgIpc) is 3.15. The maximum absolute atomic E-state index is 10.9. The van der Waals surface area contributed by atoms with Gasteiger partial charge in [0.15, 0.2) is 29.3 Å². The van der Waals surface area contributed by atoms with E-state index in [4.69, 9.17) is 27.1 Å². The first-order valence-electron chi connectivity index (χ1n) is 8.66. The smallest absolute Gasteiger partial charge is 0.385 e. The number of hydrogen-bond acceptors (Lipinski definition) is 10. The minimum absolute atomic E-state index is 0.0172. The maximum atomic E-state index is 10.9. The molecule has 2 aromatic heterocycles. The first-order chi connectivity index (χ1) is 12.9. The largest absolute Gasteiger partial charge is 0.488 e. The highest BCUT2D eigenvalue weighted by atomic mass is 31.2. The molecule has 13 heteroatoms. The molecule has 27 heavy (non-hydrogen) atoms. The molecule has 11 nitrogen and oxygen atoms in total. The van der Waals surface area contributed by atoms with Crippen LogP contribution in [-0.2, 0) is 13.8 Å². The van der Waals surface area contributed by atoms with E-state index in [0.29, 0.717) is 30.2 Å². The summed E-state index contributed by atoms with van der Waals surface area (Å²) < 4.78 is 18.2. The Bertz CT molecular complexity index is 849. The van der Waals surface area contributed by atoms with Crippen molar-refractivity contribution in [2.75, 3.05) is 30.3 Å². The molecule has 4 rings (SSSR count). The summed E-state index contributed by atoms with van der Waals surface area (Å²) in [5, 5.41) is 10.9. The lowest BCUT2D eigenvalue weighted by Crippen LogP contribution is -2.40. The van der Waals surface area contributed by atoms with Crippen molar-refractivity contribution >= 4 is 38.3 Å². The van der Waals surface area contributed by atoms with Crippen LogP contribution < -0.4 is 10.6 Å². The topological polar surface area (TPSA) is 141 Å². The van der Waals surface area contributed by atoms with Crippen LogP contribution in [-0.4, -0.2) is 75.1 Å². The summed E-state index contributed by atoms with van der Waals surface area (Å²) in [6.07, 6.45) is -2.06. The third kappa shape index (κ3) is 3.06. The summed E-state index contributed by atoms with van der Waals surface area (Å²) in [5.41, 5.74) is 6.83. The second kappa shape index (κ2) is 6.80. The number of nitrogen functional groups attached to an aromatic ring is 1. The Morgan fingerprint density at radius 2 is 2.15 bits per heavy atom. The quantitative estimate of drug-likeness (QED) is 0.469. The summed E-state index contributed by atoms with van der Waals surface area (Å²) in [6, 6.07) is 0. The monoisotopic (exact) mass is 395 g/mol. The van der Waals surface area contributed by atoms with Crippen LogP contribution in [0.4, 0.5) is 11.8 Å². The number of rotatable bonds is 4. The number of aliphatic hydroxyl groups excluding tert-OH is 1. The predicted octanol–water partition coefficient (Wildman–Crippen LogP) is -0.233. The molecule has 2 radical (unpaired) electrons. The van der Waals surface area contributed by atoms with Crippen LogP contribution in [0.15, 0.2) is 6.33 Å². The standard InChI is InChI=1S/C14H21BN6O5P/c1-3-20(4-2)14-19-8-11(16)17-6-18-12(8)21(14)13-9(22)10-7(25-13)5-24-27(15,23)26-10/h6-7,9-10,13,22-23H,3-5H2,1-2H3,(H2,16,17,18)/q+1/t7-,9-,10-,13-,27?/m1/s1. The summed E-state index contributed by atoms with van der Waals surface area (Å²) in [6.45, 7) is 5.35. The molecule has 2 aliphatic heterocycles. The van der Waals surface area contributed by atoms with Crippen molar-refractivity contribution in [1.29, 1.82) is 0 Å². The van der Waals surface area contributed by atoms with Crippen molar-refractivity contribution in [2.45, 2.75) is 38.4 Å². The van der Waals surface area contributed by atoms with Gasteiger partial charge in [-0.05, 0) is 13.8 Å². The molecule has 5 atom stereocenters. The van der Waals surface area contributed by atoms with Crippen LogP contribution in [0.1, 0.15) is 20.1 Å². The third-order valence-electron chi connectivity index (χ3n) is 4.79. The molecule has 0 saturated carbocycles. The average molecular weight is 395 g/mol. The zero-order chi connectivity index (χ0) is 19.3. The predicted molar refractivity (Wildman–Crippen MR) is 98.9 cm³/mol. The van der Waals surface area contributed by atoms with E-state index in [1.165, 1.54) is 6.33 Å². The molecular weight excluding hydrogens is 374 g/mol. The maximum Gasteiger partial charge on any atom is 0.488 e. The van der Waals surface area contributed by atoms with Crippen molar-refractivity contribution in [1.82, 2.24) is 19.5 Å². The van der Waals surface area contributed by atoms with Gasteiger partial charge >= 0.3 is 15.4 Å². The first-order valence-corrected chi connectivity index (χ1v) is 10.3. The van der Waals surface area contributed by atoms with Crippen LogP contribution in [0.25, 0.3) is 11.2 Å². The lowest BCUT2D eigenvalue weighted by Gasteiger charge is -2.28. The zero-order valence-electron chi connectivity index (χ0n) is 15.0. The van der Waals surface area contributed by atoms with Crippen LogP contribution >= 0.6 is 7.82 Å². The molecule has 0 aliphatic carbocycles. The molecule has 0 spiro atoms. The molecule has 2 saturated heterocycles. The number of anilines is 2. The summed E-state index contributed by atoms with van der Waals surface area (Å²) >= 11 is 0. The molecule has 4 heterocycles. The molecule has 4 N–H and O–H groups in total. The van der Waals surface area contributed by atoms with E-state index in [1.54, 1.807) is 4.57 Å². The third-order valence-corrected chi connectivity index (χ3v) is 5.86. The number of ether oxygens (including phenoxy) is 1. The Hall–Kier alpha value is -1.56. The fourth-order valence-electron chi connectivity index (χ4n) is 3.46. The molecule has 2 aliphatic rings. The minimum atomic E-state index is -3.47. The number of imidazole rings is 1. The molecule has 144 valence electrons. The number of hydrogen-bond donors (Lipinski definition) is 3. The van der Waals surface area contributed by atoms with Crippen LogP contribution in [0.3, 0.4) is 0 Å². The molecule has 0 aromatic carbocycles. The van der Waals surface area contributed by atoms with E-state index < -0.39 is 32.4 Å². The fraction of sp³-hybridized carbons (Fsp3) is 0.643. The lowest BCUT2D eigenvalue weighted by molar-refractivity contribution is -0.0599. The highest BCUT2D eigenvalue weighted by Crippen LogP contribution is 2.58. The number of aromatic nitrogens is 4. The Balaban J connectivity index is 1.81. The van der Waals surface area contributed by atoms with Gasteiger partial charge < -0.3 is 20.5 Å². The van der Waals surface area contributed by atoms with Gasteiger partial charge in [0.25, 0.3) is 0 Å². The summed E-state index contributed by atoms with van der Waals surface area (Å²) in [5.74, 6) is 0.780.